The molecule has 0 spiro atoms. The number of primary amides is 1. The van der Waals surface area contributed by atoms with E-state index in [4.69, 9.17) is 10.5 Å². The lowest BCUT2D eigenvalue weighted by atomic mass is 10.1. The van der Waals surface area contributed by atoms with Crippen LogP contribution in [0.4, 0.5) is 20.2 Å². The number of carbonyl (C=O) groups is 1. The molecule has 0 saturated carbocycles. The summed E-state index contributed by atoms with van der Waals surface area (Å²) >= 11 is 0. The molecule has 1 fully saturated rings. The molecule has 2 aromatic rings. The van der Waals surface area contributed by atoms with Crippen molar-refractivity contribution in [1.82, 2.24) is 4.31 Å². The Bertz CT molecular complexity index is 919. The first-order valence-corrected chi connectivity index (χ1v) is 10.9. The van der Waals surface area contributed by atoms with Crippen LogP contribution in [-0.2, 0) is 11.0 Å². The lowest BCUT2D eigenvalue weighted by Crippen LogP contribution is -2.23. The SMILES string of the molecule is CCS(=O)N1CCCC1.COc1cc(F)cc(Nc2ccc(C)cc2F)c1C(N)=O. The van der Waals surface area contributed by atoms with Gasteiger partial charge in [-0.2, -0.15) is 0 Å². The normalized spacial score (nSPS) is 14.6. The molecule has 0 radical (unpaired) electrons. The monoisotopic (exact) mass is 439 g/mol. The van der Waals surface area contributed by atoms with E-state index in [0.29, 0.717) is 0 Å². The highest BCUT2D eigenvalue weighted by atomic mass is 32.2. The van der Waals surface area contributed by atoms with Gasteiger partial charge in [0.05, 0.1) is 29.5 Å². The number of rotatable bonds is 6. The second kappa shape index (κ2) is 11.0. The Morgan fingerprint density at radius 2 is 1.87 bits per heavy atom. The van der Waals surface area contributed by atoms with Crippen molar-refractivity contribution in [3.05, 3.63) is 53.1 Å². The van der Waals surface area contributed by atoms with E-state index in [1.54, 1.807) is 13.0 Å². The standard InChI is InChI=1S/C15H14F2N2O2.C6H13NOS/c1-8-3-4-11(10(17)5-8)19-12-6-9(16)7-13(21-2)14(12)15(18)20;1-2-9(8)7-5-3-4-6-7/h3-7,19H,1-2H3,(H2,18,20);2-6H2,1H3. The van der Waals surface area contributed by atoms with Gasteiger partial charge < -0.3 is 15.8 Å². The molecule has 1 heterocycles. The fraction of sp³-hybridized carbons (Fsp3) is 0.381. The molecule has 1 saturated heterocycles. The minimum atomic E-state index is -0.804. The number of nitrogens with zero attached hydrogens (tertiary/aromatic N) is 1. The minimum Gasteiger partial charge on any atom is -0.496 e. The van der Waals surface area contributed by atoms with Crippen LogP contribution < -0.4 is 15.8 Å². The number of amides is 1. The molecule has 164 valence electrons. The maximum absolute atomic E-state index is 13.8. The maximum atomic E-state index is 13.8. The second-order valence-corrected chi connectivity index (χ2v) is 8.49. The first-order valence-electron chi connectivity index (χ1n) is 9.60. The van der Waals surface area contributed by atoms with Gasteiger partial charge in [-0.3, -0.25) is 4.79 Å². The predicted molar refractivity (Wildman–Crippen MR) is 115 cm³/mol. The first-order chi connectivity index (χ1) is 14.3. The third-order valence-corrected chi connectivity index (χ3v) is 5.96. The molecule has 9 heteroatoms. The zero-order valence-electron chi connectivity index (χ0n) is 17.3. The van der Waals surface area contributed by atoms with Gasteiger partial charge in [0.25, 0.3) is 5.91 Å². The van der Waals surface area contributed by atoms with Gasteiger partial charge in [0, 0.05) is 24.9 Å². The molecular formula is C21H27F2N3O3S. The fourth-order valence-electron chi connectivity index (χ4n) is 3.04. The Morgan fingerprint density at radius 3 is 2.40 bits per heavy atom. The van der Waals surface area contributed by atoms with Crippen LogP contribution in [0.3, 0.4) is 0 Å². The van der Waals surface area contributed by atoms with Crippen molar-refractivity contribution in [2.24, 2.45) is 5.73 Å². The summed E-state index contributed by atoms with van der Waals surface area (Å²) in [5.41, 5.74) is 6.13. The van der Waals surface area contributed by atoms with E-state index in [1.807, 2.05) is 6.92 Å². The van der Waals surface area contributed by atoms with Crippen LogP contribution in [0.2, 0.25) is 0 Å². The number of carbonyl (C=O) groups excluding carboxylic acids is 1. The van der Waals surface area contributed by atoms with Gasteiger partial charge in [-0.05, 0) is 43.5 Å². The van der Waals surface area contributed by atoms with Gasteiger partial charge in [-0.15, -0.1) is 0 Å². The van der Waals surface area contributed by atoms with Gasteiger partial charge in [-0.1, -0.05) is 13.0 Å². The number of halogens is 2. The topological polar surface area (TPSA) is 84.7 Å². The molecule has 2 aromatic carbocycles. The zero-order valence-corrected chi connectivity index (χ0v) is 18.2. The zero-order chi connectivity index (χ0) is 22.3. The van der Waals surface area contributed by atoms with E-state index < -0.39 is 28.5 Å². The van der Waals surface area contributed by atoms with Crippen molar-refractivity contribution in [2.45, 2.75) is 26.7 Å². The molecule has 1 amide bonds. The molecule has 1 unspecified atom stereocenters. The second-order valence-electron chi connectivity index (χ2n) is 6.75. The van der Waals surface area contributed by atoms with E-state index in [2.05, 4.69) is 9.62 Å². The Kier molecular flexibility index (Phi) is 8.73. The van der Waals surface area contributed by atoms with Crippen LogP contribution in [0.5, 0.6) is 5.75 Å². The number of anilines is 2. The number of hydrogen-bond acceptors (Lipinski definition) is 4. The van der Waals surface area contributed by atoms with Crippen molar-refractivity contribution in [3.8, 4) is 5.75 Å². The summed E-state index contributed by atoms with van der Waals surface area (Å²) in [6.45, 7) is 5.79. The number of nitrogens with one attached hydrogen (secondary N) is 1. The number of benzene rings is 2. The summed E-state index contributed by atoms with van der Waals surface area (Å²) in [6.07, 6.45) is 2.46. The van der Waals surface area contributed by atoms with Crippen LogP contribution in [0.15, 0.2) is 30.3 Å². The van der Waals surface area contributed by atoms with Gasteiger partial charge in [-0.25, -0.2) is 17.3 Å². The van der Waals surface area contributed by atoms with Crippen molar-refractivity contribution in [1.29, 1.82) is 0 Å². The Morgan fingerprint density at radius 1 is 1.20 bits per heavy atom. The third-order valence-electron chi connectivity index (χ3n) is 4.53. The Labute approximate surface area is 178 Å². The number of methoxy groups -OCH3 is 1. The number of hydrogen-bond donors (Lipinski definition) is 2. The van der Waals surface area contributed by atoms with Crippen LogP contribution in [0.1, 0.15) is 35.7 Å². The molecule has 1 atom stereocenters. The van der Waals surface area contributed by atoms with E-state index in [1.165, 1.54) is 32.1 Å². The van der Waals surface area contributed by atoms with Gasteiger partial charge in [0.15, 0.2) is 0 Å². The Hall–Kier alpha value is -2.52. The molecule has 0 bridgehead atoms. The average Bonchev–Trinajstić information content (AvgIpc) is 3.24. The van der Waals surface area contributed by atoms with E-state index in [-0.39, 0.29) is 22.7 Å². The smallest absolute Gasteiger partial charge is 0.254 e. The molecule has 0 aromatic heterocycles. The molecule has 3 rings (SSSR count). The number of nitrogens with two attached hydrogens (primary N) is 1. The van der Waals surface area contributed by atoms with Crippen molar-refractivity contribution in [2.75, 3.05) is 31.3 Å². The van der Waals surface area contributed by atoms with Crippen LogP contribution in [-0.4, -0.2) is 40.4 Å². The Balaban J connectivity index is 0.000000297. The predicted octanol–water partition coefficient (Wildman–Crippen LogP) is 3.89. The molecule has 6 nitrogen and oxygen atoms in total. The molecule has 1 aliphatic rings. The van der Waals surface area contributed by atoms with E-state index in [0.717, 1.165) is 36.5 Å². The summed E-state index contributed by atoms with van der Waals surface area (Å²) in [4.78, 5) is 11.5. The maximum Gasteiger partial charge on any atom is 0.254 e. The molecule has 1 aliphatic heterocycles. The lowest BCUT2D eigenvalue weighted by molar-refractivity contribution is 0.0998. The molecular weight excluding hydrogens is 412 g/mol. The van der Waals surface area contributed by atoms with Crippen LogP contribution in [0.25, 0.3) is 0 Å². The van der Waals surface area contributed by atoms with Crippen LogP contribution >= 0.6 is 0 Å². The van der Waals surface area contributed by atoms with E-state index >= 15 is 0 Å². The van der Waals surface area contributed by atoms with Crippen LogP contribution in [0, 0.1) is 18.6 Å². The summed E-state index contributed by atoms with van der Waals surface area (Å²) in [5.74, 6) is -1.19. The van der Waals surface area contributed by atoms with Gasteiger partial charge in [0.2, 0.25) is 0 Å². The van der Waals surface area contributed by atoms with Gasteiger partial charge in [0.1, 0.15) is 22.9 Å². The lowest BCUT2D eigenvalue weighted by Gasteiger charge is -2.14. The average molecular weight is 440 g/mol. The minimum absolute atomic E-state index is 0.0162. The van der Waals surface area contributed by atoms with Crippen molar-refractivity contribution >= 4 is 28.3 Å². The highest BCUT2D eigenvalue weighted by Crippen LogP contribution is 2.31. The van der Waals surface area contributed by atoms with Crippen molar-refractivity contribution in [3.63, 3.8) is 0 Å². The molecule has 30 heavy (non-hydrogen) atoms. The largest absolute Gasteiger partial charge is 0.496 e. The summed E-state index contributed by atoms with van der Waals surface area (Å²) in [7, 11) is 0.620. The van der Waals surface area contributed by atoms with E-state index in [9.17, 15) is 17.8 Å². The number of aryl methyl sites for hydroxylation is 1. The fourth-order valence-corrected chi connectivity index (χ4v) is 4.07. The summed E-state index contributed by atoms with van der Waals surface area (Å²) < 4.78 is 45.5. The highest BCUT2D eigenvalue weighted by molar-refractivity contribution is 7.82. The summed E-state index contributed by atoms with van der Waals surface area (Å²) in [6, 6.07) is 6.60. The quantitative estimate of drug-likeness (QED) is 0.715. The molecule has 3 N–H and O–H groups in total. The molecule has 0 aliphatic carbocycles. The highest BCUT2D eigenvalue weighted by Gasteiger charge is 2.18. The third kappa shape index (κ3) is 6.24. The van der Waals surface area contributed by atoms with Crippen molar-refractivity contribution < 1.29 is 22.5 Å². The number of ether oxygens (including phenoxy) is 1. The summed E-state index contributed by atoms with van der Waals surface area (Å²) in [5, 5.41) is 2.67. The van der Waals surface area contributed by atoms with Gasteiger partial charge >= 0.3 is 0 Å². The first kappa shape index (κ1) is 23.8.